The Morgan fingerprint density at radius 1 is 0.917 bits per heavy atom. The zero-order chi connectivity index (χ0) is 8.65. The maximum Gasteiger partial charge on any atom is 0.0702 e. The number of allylic oxidation sites excluding steroid dienone is 2. The van der Waals surface area contributed by atoms with Crippen molar-refractivity contribution in [1.29, 1.82) is 0 Å². The van der Waals surface area contributed by atoms with Gasteiger partial charge in [0.1, 0.15) is 0 Å². The third-order valence-corrected chi connectivity index (χ3v) is 1.95. The Morgan fingerprint density at radius 3 is 1.67 bits per heavy atom. The largest absolute Gasteiger partial charge is 0.265 e. The molecule has 0 radical (unpaired) electrons. The molecule has 0 bridgehead atoms. The first-order valence-corrected chi connectivity index (χ1v) is 4.76. The molecule has 3 heteroatoms. The second-order valence-electron chi connectivity index (χ2n) is 2.01. The molecule has 12 heavy (non-hydrogen) atoms. The first-order valence-electron chi connectivity index (χ1n) is 3.49. The van der Waals surface area contributed by atoms with Gasteiger partial charge in [0.2, 0.25) is 0 Å². The van der Waals surface area contributed by atoms with Gasteiger partial charge in [0.25, 0.3) is 0 Å². The molecular weight excluding hydrogens is 170 g/mol. The van der Waals surface area contributed by atoms with E-state index in [-0.39, 0.29) is 0 Å². The van der Waals surface area contributed by atoms with Crippen molar-refractivity contribution in [3.63, 3.8) is 0 Å². The van der Waals surface area contributed by atoms with E-state index in [9.17, 15) is 4.21 Å². The Hall–Kier alpha value is -1.22. The summed E-state index contributed by atoms with van der Waals surface area (Å²) in [4.78, 5) is 3.78. The fraction of sp³-hybridized carbons (Fsp3) is 0. The highest BCUT2D eigenvalue weighted by Crippen LogP contribution is 1.95. The lowest BCUT2D eigenvalue weighted by molar-refractivity contribution is 0.693. The van der Waals surface area contributed by atoms with E-state index in [2.05, 4.69) is 4.98 Å². The number of rotatable bonds is 0. The van der Waals surface area contributed by atoms with Crippen LogP contribution in [0.25, 0.3) is 0 Å². The van der Waals surface area contributed by atoms with Crippen molar-refractivity contribution in [3.05, 3.63) is 53.6 Å². The Balaban J connectivity index is 0.000000120. The monoisotopic (exact) mass is 179 g/mol. The summed E-state index contributed by atoms with van der Waals surface area (Å²) in [5, 5.41) is 3.28. The first-order chi connectivity index (χ1) is 5.89. The topological polar surface area (TPSA) is 30.0 Å². The Kier molecular flexibility index (Phi) is 4.02. The maximum absolute atomic E-state index is 10.2. The quantitative estimate of drug-likeness (QED) is 0.608. The zero-order valence-corrected chi connectivity index (χ0v) is 7.28. The third-order valence-electron chi connectivity index (χ3n) is 1.10. The van der Waals surface area contributed by atoms with Gasteiger partial charge < -0.3 is 0 Å². The van der Waals surface area contributed by atoms with Gasteiger partial charge in [-0.25, -0.2) is 0 Å². The van der Waals surface area contributed by atoms with Gasteiger partial charge in [-0.15, -0.1) is 0 Å². The molecule has 2 rings (SSSR count). The average Bonchev–Trinajstić information content (AvgIpc) is 2.60. The normalized spacial score (nSPS) is 14.0. The van der Waals surface area contributed by atoms with Crippen LogP contribution >= 0.6 is 0 Å². The molecule has 0 aromatic carbocycles. The smallest absolute Gasteiger partial charge is 0.0702 e. The summed E-state index contributed by atoms with van der Waals surface area (Å²) in [6.07, 6.45) is 7.05. The molecule has 0 N–H and O–H groups in total. The summed E-state index contributed by atoms with van der Waals surface area (Å²) >= 11 is 0. The molecule has 1 aliphatic heterocycles. The van der Waals surface area contributed by atoms with Crippen molar-refractivity contribution in [2.75, 3.05) is 0 Å². The molecule has 0 fully saturated rings. The molecule has 2 nitrogen and oxygen atoms in total. The van der Waals surface area contributed by atoms with Gasteiger partial charge in [-0.2, -0.15) is 0 Å². The van der Waals surface area contributed by atoms with Gasteiger partial charge in [-0.1, -0.05) is 18.2 Å². The third kappa shape index (κ3) is 3.83. The van der Waals surface area contributed by atoms with E-state index >= 15 is 0 Å². The van der Waals surface area contributed by atoms with E-state index in [0.29, 0.717) is 0 Å². The molecule has 0 spiro atoms. The van der Waals surface area contributed by atoms with Crippen LogP contribution in [-0.2, 0) is 10.8 Å². The van der Waals surface area contributed by atoms with Crippen LogP contribution in [0.15, 0.2) is 53.6 Å². The highest BCUT2D eigenvalue weighted by molar-refractivity contribution is 7.91. The summed E-state index contributed by atoms with van der Waals surface area (Å²) in [5.74, 6) is 0. The van der Waals surface area contributed by atoms with Crippen LogP contribution in [0.3, 0.4) is 0 Å². The highest BCUT2D eigenvalue weighted by atomic mass is 32.2. The van der Waals surface area contributed by atoms with E-state index in [1.807, 2.05) is 18.2 Å². The van der Waals surface area contributed by atoms with Crippen molar-refractivity contribution in [3.8, 4) is 0 Å². The molecule has 2 heterocycles. The van der Waals surface area contributed by atoms with Crippen molar-refractivity contribution < 1.29 is 4.21 Å². The molecule has 62 valence electrons. The van der Waals surface area contributed by atoms with Gasteiger partial charge >= 0.3 is 0 Å². The second-order valence-corrected chi connectivity index (χ2v) is 3.21. The lowest BCUT2D eigenvalue weighted by atomic mass is 10.5. The molecule has 0 saturated heterocycles. The van der Waals surface area contributed by atoms with Crippen molar-refractivity contribution in [2.45, 2.75) is 0 Å². The van der Waals surface area contributed by atoms with Crippen molar-refractivity contribution >= 4 is 10.8 Å². The van der Waals surface area contributed by atoms with Gasteiger partial charge in [0.15, 0.2) is 0 Å². The molecule has 0 unspecified atom stereocenters. The summed E-state index contributed by atoms with van der Waals surface area (Å²) in [6, 6.07) is 5.72. The van der Waals surface area contributed by atoms with Crippen molar-refractivity contribution in [2.24, 2.45) is 0 Å². The van der Waals surface area contributed by atoms with Crippen LogP contribution in [0.4, 0.5) is 0 Å². The minimum atomic E-state index is -0.784. The summed E-state index contributed by atoms with van der Waals surface area (Å²) in [6.45, 7) is 0. The zero-order valence-electron chi connectivity index (χ0n) is 6.46. The summed E-state index contributed by atoms with van der Waals surface area (Å²) in [5.41, 5.74) is 0. The van der Waals surface area contributed by atoms with E-state index in [1.54, 1.807) is 35.4 Å². The van der Waals surface area contributed by atoms with Crippen LogP contribution in [0.1, 0.15) is 0 Å². The molecule has 1 aromatic heterocycles. The predicted octanol–water partition coefficient (Wildman–Crippen LogP) is 1.86. The molecule has 0 aliphatic carbocycles. The van der Waals surface area contributed by atoms with Crippen LogP contribution in [0.2, 0.25) is 0 Å². The predicted molar refractivity (Wildman–Crippen MR) is 50.7 cm³/mol. The van der Waals surface area contributed by atoms with E-state index in [0.717, 1.165) is 0 Å². The lowest BCUT2D eigenvalue weighted by Crippen LogP contribution is -1.63. The summed E-state index contributed by atoms with van der Waals surface area (Å²) < 4.78 is 10.2. The Morgan fingerprint density at radius 2 is 1.50 bits per heavy atom. The fourth-order valence-electron chi connectivity index (χ4n) is 0.604. The van der Waals surface area contributed by atoms with Gasteiger partial charge in [0, 0.05) is 23.2 Å². The molecule has 1 aliphatic rings. The van der Waals surface area contributed by atoms with Gasteiger partial charge in [-0.05, 0) is 12.1 Å². The van der Waals surface area contributed by atoms with Crippen LogP contribution < -0.4 is 0 Å². The SMILES string of the molecule is O=S1C=CC=C1.c1ccncc1. The Labute approximate surface area is 74.1 Å². The number of aromatic nitrogens is 1. The first kappa shape index (κ1) is 8.87. The molecule has 1 aromatic rings. The van der Waals surface area contributed by atoms with E-state index in [4.69, 9.17) is 0 Å². The highest BCUT2D eigenvalue weighted by Gasteiger charge is 1.86. The maximum atomic E-state index is 10.2. The van der Waals surface area contributed by atoms with E-state index < -0.39 is 10.8 Å². The van der Waals surface area contributed by atoms with Crippen LogP contribution in [0.5, 0.6) is 0 Å². The Bertz CT molecular complexity index is 252. The van der Waals surface area contributed by atoms with E-state index in [1.165, 1.54) is 0 Å². The number of nitrogens with zero attached hydrogens (tertiary/aromatic N) is 1. The minimum absolute atomic E-state index is 0.784. The number of pyridine rings is 1. The average molecular weight is 179 g/mol. The molecule has 0 saturated carbocycles. The van der Waals surface area contributed by atoms with Crippen LogP contribution in [-0.4, -0.2) is 9.19 Å². The fourth-order valence-corrected chi connectivity index (χ4v) is 1.19. The number of hydrogen-bond donors (Lipinski definition) is 0. The molecular formula is C9H9NOS. The summed E-state index contributed by atoms with van der Waals surface area (Å²) in [7, 11) is -0.784. The van der Waals surface area contributed by atoms with Gasteiger partial charge in [0.05, 0.1) is 10.8 Å². The van der Waals surface area contributed by atoms with Crippen molar-refractivity contribution in [1.82, 2.24) is 4.98 Å². The molecule has 0 amide bonds. The molecule has 0 atom stereocenters. The van der Waals surface area contributed by atoms with Gasteiger partial charge in [-0.3, -0.25) is 9.19 Å². The second kappa shape index (κ2) is 5.43. The lowest BCUT2D eigenvalue weighted by Gasteiger charge is -1.70. The van der Waals surface area contributed by atoms with Crippen LogP contribution in [0, 0.1) is 0 Å². The standard InChI is InChI=1S/C5H5N.C4H4OS/c1-2-4-6-5-3-1;5-6-3-1-2-4-6/h1-5H;1-4H. The minimum Gasteiger partial charge on any atom is -0.265 e. The number of hydrogen-bond acceptors (Lipinski definition) is 2.